The molecule has 0 aromatic heterocycles. The second-order valence-corrected chi connectivity index (χ2v) is 9.40. The van der Waals surface area contributed by atoms with Crippen LogP contribution in [0.25, 0.3) is 0 Å². The number of fused-ring (bicyclic) bond motifs is 1. The number of ether oxygens (including phenoxy) is 1. The van der Waals surface area contributed by atoms with Crippen molar-refractivity contribution < 1.29 is 24.9 Å². The van der Waals surface area contributed by atoms with E-state index in [4.69, 9.17) is 9.84 Å². The normalized spacial score (nSPS) is 31.8. The van der Waals surface area contributed by atoms with Crippen molar-refractivity contribution in [3.05, 3.63) is 35.5 Å². The molecule has 2 rings (SSSR count). The molecule has 0 bridgehead atoms. The summed E-state index contributed by atoms with van der Waals surface area (Å²) < 4.78 is 5.93. The van der Waals surface area contributed by atoms with Gasteiger partial charge < -0.3 is 20.1 Å². The van der Waals surface area contributed by atoms with Gasteiger partial charge in [0.15, 0.2) is 0 Å². The Morgan fingerprint density at radius 1 is 1.33 bits per heavy atom. The molecular formula is C25H40O5. The molecular weight excluding hydrogens is 380 g/mol. The van der Waals surface area contributed by atoms with E-state index in [1.807, 2.05) is 18.2 Å². The van der Waals surface area contributed by atoms with Crippen LogP contribution in [0.3, 0.4) is 0 Å². The third-order valence-electron chi connectivity index (χ3n) is 6.83. The molecule has 2 saturated carbocycles. The fourth-order valence-corrected chi connectivity index (χ4v) is 5.09. The van der Waals surface area contributed by atoms with Crippen LogP contribution in [0.5, 0.6) is 0 Å². The van der Waals surface area contributed by atoms with Gasteiger partial charge in [-0.15, -0.1) is 0 Å². The van der Waals surface area contributed by atoms with Crippen molar-refractivity contribution in [2.75, 3.05) is 7.11 Å². The van der Waals surface area contributed by atoms with Crippen LogP contribution in [0, 0.1) is 17.8 Å². The van der Waals surface area contributed by atoms with Crippen molar-refractivity contribution in [3.8, 4) is 0 Å². The van der Waals surface area contributed by atoms with Gasteiger partial charge in [-0.25, -0.2) is 0 Å². The van der Waals surface area contributed by atoms with Crippen molar-refractivity contribution >= 4 is 5.97 Å². The zero-order valence-electron chi connectivity index (χ0n) is 19.0. The molecule has 0 aromatic carbocycles. The first kappa shape index (κ1) is 24.8. The van der Waals surface area contributed by atoms with E-state index >= 15 is 0 Å². The number of rotatable bonds is 11. The first-order valence-corrected chi connectivity index (χ1v) is 11.3. The Hall–Kier alpha value is -1.43. The van der Waals surface area contributed by atoms with Crippen LogP contribution in [-0.4, -0.2) is 46.2 Å². The van der Waals surface area contributed by atoms with Gasteiger partial charge in [0.1, 0.15) is 0 Å². The molecule has 2 aliphatic carbocycles. The Balaban J connectivity index is 1.96. The number of carboxylic acids is 1. The molecule has 2 fully saturated rings. The van der Waals surface area contributed by atoms with Crippen LogP contribution < -0.4 is 0 Å². The van der Waals surface area contributed by atoms with Crippen molar-refractivity contribution in [1.82, 2.24) is 0 Å². The molecule has 5 heteroatoms. The number of aliphatic hydroxyl groups excluding tert-OH is 2. The Labute approximate surface area is 181 Å². The molecule has 0 radical (unpaired) electrons. The summed E-state index contributed by atoms with van der Waals surface area (Å²) >= 11 is 0. The lowest BCUT2D eigenvalue weighted by Crippen LogP contribution is -2.59. The molecule has 3 N–H and O–H groups in total. The maximum atomic E-state index is 10.8. The molecule has 170 valence electrons. The summed E-state index contributed by atoms with van der Waals surface area (Å²) in [7, 11) is 1.71. The molecule has 0 heterocycles. The number of allylic oxidation sites excluding steroid dienone is 3. The van der Waals surface area contributed by atoms with E-state index in [1.54, 1.807) is 7.11 Å². The predicted octanol–water partition coefficient (Wildman–Crippen LogP) is 4.64. The largest absolute Gasteiger partial charge is 0.481 e. The Morgan fingerprint density at radius 3 is 2.70 bits per heavy atom. The average molecular weight is 421 g/mol. The van der Waals surface area contributed by atoms with Crippen molar-refractivity contribution in [3.63, 3.8) is 0 Å². The molecule has 0 saturated heterocycles. The van der Waals surface area contributed by atoms with Gasteiger partial charge in [0.25, 0.3) is 0 Å². The minimum Gasteiger partial charge on any atom is -0.481 e. The summed E-state index contributed by atoms with van der Waals surface area (Å²) in [6.07, 6.45) is 12.8. The van der Waals surface area contributed by atoms with Gasteiger partial charge in [0.05, 0.1) is 17.8 Å². The molecule has 2 aliphatic rings. The lowest BCUT2D eigenvalue weighted by atomic mass is 9.53. The summed E-state index contributed by atoms with van der Waals surface area (Å²) in [5.41, 5.74) is 2.09. The van der Waals surface area contributed by atoms with Gasteiger partial charge in [-0.3, -0.25) is 4.79 Å². The summed E-state index contributed by atoms with van der Waals surface area (Å²) in [5, 5.41) is 30.0. The van der Waals surface area contributed by atoms with Gasteiger partial charge in [-0.1, -0.05) is 36.8 Å². The number of aliphatic hydroxyl groups is 2. The summed E-state index contributed by atoms with van der Waals surface area (Å²) in [6.45, 7) is 6.37. The van der Waals surface area contributed by atoms with Crippen molar-refractivity contribution in [2.24, 2.45) is 17.8 Å². The zero-order valence-corrected chi connectivity index (χ0v) is 19.0. The van der Waals surface area contributed by atoms with Gasteiger partial charge in [0, 0.05) is 25.4 Å². The Bertz CT molecular complexity index is 660. The summed E-state index contributed by atoms with van der Waals surface area (Å²) in [5.74, 6) is -0.243. The Morgan fingerprint density at radius 2 is 2.07 bits per heavy atom. The van der Waals surface area contributed by atoms with Gasteiger partial charge in [-0.2, -0.15) is 0 Å². The van der Waals surface area contributed by atoms with Crippen molar-refractivity contribution in [2.45, 2.75) is 89.9 Å². The number of aliphatic carboxylic acids is 1. The minimum absolute atomic E-state index is 0.0500. The second kappa shape index (κ2) is 11.3. The van der Waals surface area contributed by atoms with Crippen molar-refractivity contribution in [1.29, 1.82) is 0 Å². The molecule has 0 aromatic rings. The van der Waals surface area contributed by atoms with E-state index in [2.05, 4.69) is 26.8 Å². The molecule has 0 spiro atoms. The number of carboxylic acid groups (broad SMARTS) is 1. The summed E-state index contributed by atoms with van der Waals surface area (Å²) in [4.78, 5) is 10.8. The highest BCUT2D eigenvalue weighted by Crippen LogP contribution is 2.57. The number of hydrogen-bond acceptors (Lipinski definition) is 4. The summed E-state index contributed by atoms with van der Waals surface area (Å²) in [6, 6.07) is 0. The fraction of sp³-hybridized carbons (Fsp3) is 0.720. The Kier molecular flexibility index (Phi) is 9.32. The lowest BCUT2D eigenvalue weighted by molar-refractivity contribution is -0.141. The highest BCUT2D eigenvalue weighted by atomic mass is 16.5. The maximum Gasteiger partial charge on any atom is 0.303 e. The highest BCUT2D eigenvalue weighted by molar-refractivity contribution is 5.66. The van der Waals surface area contributed by atoms with E-state index in [1.165, 1.54) is 5.57 Å². The second-order valence-electron chi connectivity index (χ2n) is 9.40. The van der Waals surface area contributed by atoms with Gasteiger partial charge >= 0.3 is 5.97 Å². The van der Waals surface area contributed by atoms with E-state index in [0.717, 1.165) is 37.7 Å². The third-order valence-corrected chi connectivity index (χ3v) is 6.83. The molecule has 30 heavy (non-hydrogen) atoms. The first-order valence-electron chi connectivity index (χ1n) is 11.3. The van der Waals surface area contributed by atoms with Crippen LogP contribution in [0.2, 0.25) is 0 Å². The van der Waals surface area contributed by atoms with E-state index in [-0.39, 0.29) is 18.3 Å². The van der Waals surface area contributed by atoms with Crippen LogP contribution in [-0.2, 0) is 9.53 Å². The van der Waals surface area contributed by atoms with Crippen LogP contribution >= 0.6 is 0 Å². The first-order chi connectivity index (χ1) is 14.2. The monoisotopic (exact) mass is 420 g/mol. The third kappa shape index (κ3) is 6.29. The van der Waals surface area contributed by atoms with Crippen LogP contribution in [0.15, 0.2) is 35.5 Å². The number of carbonyl (C=O) groups is 1. The molecule has 0 amide bonds. The number of hydrogen-bond donors (Lipinski definition) is 3. The smallest absolute Gasteiger partial charge is 0.303 e. The minimum atomic E-state index is -0.793. The zero-order chi connectivity index (χ0) is 22.3. The average Bonchev–Trinajstić information content (AvgIpc) is 2.65. The standard InChI is InChI=1S/C25H40O5/c1-17(2)7-5-8-18(3)15-20(26)11-12-21-22-16-19(9-6-10-24(28)29)25(22,30-4)14-13-23(21)27/h7,9,11-12,18,20-23,26-27H,5-6,8,10,13-16H2,1-4H3,(H,28,29)/t18?,20?,21-,22+,23+,25-/m0/s1. The molecule has 2 unspecified atom stereocenters. The molecule has 6 atom stereocenters. The molecule has 0 aliphatic heterocycles. The predicted molar refractivity (Wildman–Crippen MR) is 119 cm³/mol. The maximum absolute atomic E-state index is 10.8. The quantitative estimate of drug-likeness (QED) is 0.424. The number of methoxy groups -OCH3 is 1. The topological polar surface area (TPSA) is 87.0 Å². The van der Waals surface area contributed by atoms with Crippen LogP contribution in [0.4, 0.5) is 0 Å². The molecule has 5 nitrogen and oxygen atoms in total. The van der Waals surface area contributed by atoms with Gasteiger partial charge in [0.2, 0.25) is 0 Å². The SMILES string of the molecule is CO[C@]12CC[C@@H](O)[C@@H](C=CC(O)CC(C)CCC=C(C)C)[C@H]1CC2=CCCC(=O)O. The highest BCUT2D eigenvalue weighted by Gasteiger charge is 2.57. The van der Waals surface area contributed by atoms with Gasteiger partial charge in [-0.05, 0) is 70.3 Å². The lowest BCUT2D eigenvalue weighted by Gasteiger charge is -2.58. The van der Waals surface area contributed by atoms with Crippen LogP contribution in [0.1, 0.15) is 72.1 Å². The van der Waals surface area contributed by atoms with E-state index < -0.39 is 23.8 Å². The fourth-order valence-electron chi connectivity index (χ4n) is 5.09. The van der Waals surface area contributed by atoms with E-state index in [0.29, 0.717) is 18.8 Å². The van der Waals surface area contributed by atoms with E-state index in [9.17, 15) is 15.0 Å².